The lowest BCUT2D eigenvalue weighted by molar-refractivity contribution is 0.0943. The second-order valence-corrected chi connectivity index (χ2v) is 10.5. The standard InChI is InChI=1S/C15H22N2O5S2/c1-11(2)16-15(18)12-4-6-14(7-5-12)24(21,22)17(3)13-8-9-23(19,20)10-13/h4-7,11,13H,8-10H2,1-3H3,(H,16,18). The topological polar surface area (TPSA) is 101 Å². The fourth-order valence-corrected chi connectivity index (χ4v) is 5.80. The summed E-state index contributed by atoms with van der Waals surface area (Å²) in [7, 11) is -5.58. The predicted molar refractivity (Wildman–Crippen MR) is 91.1 cm³/mol. The molecule has 1 aliphatic rings. The van der Waals surface area contributed by atoms with Crippen LogP contribution in [-0.2, 0) is 19.9 Å². The molecule has 1 aromatic carbocycles. The summed E-state index contributed by atoms with van der Waals surface area (Å²) in [4.78, 5) is 11.9. The second kappa shape index (κ2) is 6.81. The van der Waals surface area contributed by atoms with Crippen LogP contribution in [0.2, 0.25) is 0 Å². The van der Waals surface area contributed by atoms with Gasteiger partial charge in [-0.2, -0.15) is 4.31 Å². The minimum atomic E-state index is -3.80. The molecule has 0 bridgehead atoms. The molecule has 2 rings (SSSR count). The third-order valence-electron chi connectivity index (χ3n) is 3.94. The number of sulfonamides is 1. The second-order valence-electron chi connectivity index (χ2n) is 6.23. The smallest absolute Gasteiger partial charge is 0.251 e. The lowest BCUT2D eigenvalue weighted by Gasteiger charge is -2.22. The van der Waals surface area contributed by atoms with Gasteiger partial charge in [-0.15, -0.1) is 0 Å². The van der Waals surface area contributed by atoms with E-state index in [0.717, 1.165) is 4.31 Å². The predicted octanol–water partition coefficient (Wildman–Crippen LogP) is 0.632. The van der Waals surface area contributed by atoms with Gasteiger partial charge >= 0.3 is 0 Å². The van der Waals surface area contributed by atoms with Crippen LogP contribution in [0.3, 0.4) is 0 Å². The van der Waals surface area contributed by atoms with Gasteiger partial charge < -0.3 is 5.32 Å². The van der Waals surface area contributed by atoms with E-state index in [1.807, 2.05) is 13.8 Å². The minimum Gasteiger partial charge on any atom is -0.350 e. The largest absolute Gasteiger partial charge is 0.350 e. The van der Waals surface area contributed by atoms with Gasteiger partial charge in [0.15, 0.2) is 9.84 Å². The Morgan fingerprint density at radius 3 is 2.29 bits per heavy atom. The average molecular weight is 374 g/mol. The number of sulfone groups is 1. The fraction of sp³-hybridized carbons (Fsp3) is 0.533. The maximum Gasteiger partial charge on any atom is 0.251 e. The molecular weight excluding hydrogens is 352 g/mol. The Morgan fingerprint density at radius 2 is 1.83 bits per heavy atom. The maximum absolute atomic E-state index is 12.6. The van der Waals surface area contributed by atoms with Gasteiger partial charge in [0, 0.05) is 24.7 Å². The van der Waals surface area contributed by atoms with Crippen LogP contribution in [0.15, 0.2) is 29.2 Å². The first-order chi connectivity index (χ1) is 11.0. The number of carbonyl (C=O) groups excluding carboxylic acids is 1. The SMILES string of the molecule is CC(C)NC(=O)c1ccc(S(=O)(=O)N(C)C2CCS(=O)(=O)C2)cc1. The Bertz CT molecular complexity index is 814. The Hall–Kier alpha value is -1.45. The number of amides is 1. The van der Waals surface area contributed by atoms with Crippen LogP contribution < -0.4 is 5.32 Å². The Morgan fingerprint density at radius 1 is 1.25 bits per heavy atom. The van der Waals surface area contributed by atoms with Gasteiger partial charge in [-0.05, 0) is 44.5 Å². The monoisotopic (exact) mass is 374 g/mol. The van der Waals surface area contributed by atoms with Crippen molar-refractivity contribution in [3.8, 4) is 0 Å². The van der Waals surface area contributed by atoms with Crippen molar-refractivity contribution in [2.75, 3.05) is 18.6 Å². The number of nitrogens with one attached hydrogen (secondary N) is 1. The number of hydrogen-bond donors (Lipinski definition) is 1. The van der Waals surface area contributed by atoms with Crippen LogP contribution in [0.4, 0.5) is 0 Å². The van der Waals surface area contributed by atoms with E-state index < -0.39 is 25.9 Å². The van der Waals surface area contributed by atoms with Crippen LogP contribution in [0.25, 0.3) is 0 Å². The van der Waals surface area contributed by atoms with Crippen molar-refractivity contribution in [2.45, 2.75) is 37.2 Å². The summed E-state index contributed by atoms with van der Waals surface area (Å²) in [6, 6.07) is 5.06. The number of hydrogen-bond acceptors (Lipinski definition) is 5. The minimum absolute atomic E-state index is 0.00579. The average Bonchev–Trinajstić information content (AvgIpc) is 2.86. The summed E-state index contributed by atoms with van der Waals surface area (Å²) in [5.74, 6) is -0.423. The molecule has 1 aliphatic heterocycles. The third kappa shape index (κ3) is 4.14. The van der Waals surface area contributed by atoms with Crippen molar-refractivity contribution >= 4 is 25.8 Å². The van der Waals surface area contributed by atoms with E-state index in [1.165, 1.54) is 31.3 Å². The molecule has 7 nitrogen and oxygen atoms in total. The summed E-state index contributed by atoms with van der Waals surface area (Å²) in [6.07, 6.45) is 0.299. The van der Waals surface area contributed by atoms with E-state index in [2.05, 4.69) is 5.32 Å². The van der Waals surface area contributed by atoms with Gasteiger partial charge in [-0.1, -0.05) is 0 Å². The van der Waals surface area contributed by atoms with Gasteiger partial charge in [-0.25, -0.2) is 16.8 Å². The number of nitrogens with zero attached hydrogens (tertiary/aromatic N) is 1. The van der Waals surface area contributed by atoms with Gasteiger partial charge in [-0.3, -0.25) is 4.79 Å². The van der Waals surface area contributed by atoms with Crippen molar-refractivity contribution in [1.82, 2.24) is 9.62 Å². The van der Waals surface area contributed by atoms with E-state index in [9.17, 15) is 21.6 Å². The Kier molecular flexibility index (Phi) is 5.36. The first kappa shape index (κ1) is 18.9. The number of carbonyl (C=O) groups is 1. The molecule has 1 saturated heterocycles. The van der Waals surface area contributed by atoms with Crippen molar-refractivity contribution in [1.29, 1.82) is 0 Å². The maximum atomic E-state index is 12.6. The summed E-state index contributed by atoms with van der Waals surface area (Å²) in [6.45, 7) is 3.67. The van der Waals surface area contributed by atoms with Crippen molar-refractivity contribution < 1.29 is 21.6 Å². The summed E-state index contributed by atoms with van der Waals surface area (Å²) >= 11 is 0. The van der Waals surface area contributed by atoms with Gasteiger partial charge in [0.05, 0.1) is 16.4 Å². The Labute approximate surface area is 143 Å². The molecule has 1 unspecified atom stereocenters. The van der Waals surface area contributed by atoms with Crippen LogP contribution in [0.1, 0.15) is 30.6 Å². The van der Waals surface area contributed by atoms with E-state index in [-0.39, 0.29) is 28.4 Å². The van der Waals surface area contributed by atoms with E-state index in [0.29, 0.717) is 12.0 Å². The fourth-order valence-electron chi connectivity index (χ4n) is 2.55. The van der Waals surface area contributed by atoms with E-state index in [1.54, 1.807) is 0 Å². The molecule has 1 N–H and O–H groups in total. The number of rotatable bonds is 5. The third-order valence-corrected chi connectivity index (χ3v) is 7.61. The molecule has 0 spiro atoms. The number of benzene rings is 1. The zero-order chi connectivity index (χ0) is 18.1. The highest BCUT2D eigenvalue weighted by molar-refractivity contribution is 7.92. The van der Waals surface area contributed by atoms with E-state index in [4.69, 9.17) is 0 Å². The molecule has 1 atom stereocenters. The summed E-state index contributed by atoms with van der Waals surface area (Å²) < 4.78 is 49.5. The van der Waals surface area contributed by atoms with Crippen LogP contribution >= 0.6 is 0 Å². The molecule has 9 heteroatoms. The normalized spacial score (nSPS) is 20.5. The first-order valence-corrected chi connectivity index (χ1v) is 10.9. The molecule has 0 aromatic heterocycles. The van der Waals surface area contributed by atoms with Crippen molar-refractivity contribution in [3.63, 3.8) is 0 Å². The van der Waals surface area contributed by atoms with Crippen molar-refractivity contribution in [3.05, 3.63) is 29.8 Å². The lowest BCUT2D eigenvalue weighted by Crippen LogP contribution is -2.37. The quantitative estimate of drug-likeness (QED) is 0.815. The molecule has 1 fully saturated rings. The molecular formula is C15H22N2O5S2. The van der Waals surface area contributed by atoms with Crippen LogP contribution in [-0.4, -0.2) is 57.7 Å². The van der Waals surface area contributed by atoms with Gasteiger partial charge in [0.1, 0.15) is 0 Å². The van der Waals surface area contributed by atoms with Gasteiger partial charge in [0.25, 0.3) is 5.91 Å². The molecule has 134 valence electrons. The zero-order valence-corrected chi connectivity index (χ0v) is 15.5. The lowest BCUT2D eigenvalue weighted by atomic mass is 10.2. The summed E-state index contributed by atoms with van der Waals surface area (Å²) in [5.41, 5.74) is 0.369. The highest BCUT2D eigenvalue weighted by Crippen LogP contribution is 2.23. The zero-order valence-electron chi connectivity index (χ0n) is 13.9. The van der Waals surface area contributed by atoms with Crippen LogP contribution in [0.5, 0.6) is 0 Å². The highest BCUT2D eigenvalue weighted by Gasteiger charge is 2.36. The summed E-state index contributed by atoms with van der Waals surface area (Å²) in [5, 5.41) is 2.73. The van der Waals surface area contributed by atoms with Crippen molar-refractivity contribution in [2.24, 2.45) is 0 Å². The molecule has 24 heavy (non-hydrogen) atoms. The molecule has 1 heterocycles. The Balaban J connectivity index is 2.19. The van der Waals surface area contributed by atoms with Gasteiger partial charge in [0.2, 0.25) is 10.0 Å². The highest BCUT2D eigenvalue weighted by atomic mass is 32.2. The first-order valence-electron chi connectivity index (χ1n) is 7.62. The molecule has 1 aromatic rings. The molecule has 0 radical (unpaired) electrons. The molecule has 0 saturated carbocycles. The molecule has 0 aliphatic carbocycles. The van der Waals surface area contributed by atoms with Crippen LogP contribution in [0, 0.1) is 0 Å². The molecule has 1 amide bonds. The van der Waals surface area contributed by atoms with E-state index >= 15 is 0 Å².